The van der Waals surface area contributed by atoms with Crippen molar-refractivity contribution in [3.8, 4) is 0 Å². The predicted octanol–water partition coefficient (Wildman–Crippen LogP) is 15.8. The van der Waals surface area contributed by atoms with Gasteiger partial charge >= 0.3 is 0 Å². The zero-order valence-electron chi connectivity index (χ0n) is 38.9. The first kappa shape index (κ1) is 57.3. The quantitative estimate of drug-likeness (QED) is 0.0322. The highest BCUT2D eigenvalue weighted by atomic mass is 32.2. The normalized spacial score (nSPS) is 13.5. The molecular weight excluding hydrogens is 751 g/mol. The smallest absolute Gasteiger partial charge is 0.267 e. The monoisotopic (exact) mass is 848 g/mol. The number of hydrogen-bond acceptors (Lipinski definition) is 4. The molecule has 0 spiro atoms. The van der Waals surface area contributed by atoms with Crippen LogP contribution in [0.1, 0.15) is 258 Å². The molecular formula is C52H97NO5S. The Balaban J connectivity index is 3.86. The van der Waals surface area contributed by atoms with Crippen LogP contribution in [0.25, 0.3) is 0 Å². The van der Waals surface area contributed by atoms with Crippen molar-refractivity contribution in [3.63, 3.8) is 0 Å². The largest absolute Gasteiger partial charge is 0.387 e. The molecule has 0 saturated heterocycles. The molecule has 0 saturated carbocycles. The van der Waals surface area contributed by atoms with Gasteiger partial charge in [-0.3, -0.25) is 9.35 Å². The van der Waals surface area contributed by atoms with Gasteiger partial charge in [-0.15, -0.1) is 0 Å². The Bertz CT molecular complexity index is 1110. The fourth-order valence-electron chi connectivity index (χ4n) is 7.65. The maximum atomic E-state index is 12.6. The molecule has 0 aromatic heterocycles. The summed E-state index contributed by atoms with van der Waals surface area (Å²) in [6, 6.07) is -1.08. The van der Waals surface area contributed by atoms with Crippen LogP contribution < -0.4 is 5.32 Å². The van der Waals surface area contributed by atoms with Gasteiger partial charge in [-0.1, -0.05) is 229 Å². The van der Waals surface area contributed by atoms with Crippen molar-refractivity contribution in [2.45, 2.75) is 270 Å². The standard InChI is InChI=1S/C52H97NO5S/c1-3-5-7-9-11-13-15-17-19-21-23-25-26-28-30-32-34-36-38-40-42-44-46-48-52(55)53-50(49-59(56,57)58)51(54)47-45-43-41-39-37-35-33-31-29-27-24-22-20-18-16-14-12-10-8-6-4-2/h21,23,29,31,37,39,45,47,50-51,54H,3-20,22,24-28,30,32-36,38,40-44,46,48-49H2,1-2H3,(H,53,55)(H,56,57,58)/b23-21-,31-29+,39-37+,47-45+. The fourth-order valence-corrected chi connectivity index (χ4v) is 8.39. The number of carbonyl (C=O) groups is 1. The molecule has 7 heteroatoms. The van der Waals surface area contributed by atoms with Crippen molar-refractivity contribution in [1.82, 2.24) is 5.32 Å². The predicted molar refractivity (Wildman–Crippen MR) is 258 cm³/mol. The minimum absolute atomic E-state index is 0.284. The van der Waals surface area contributed by atoms with Crippen molar-refractivity contribution >= 4 is 16.0 Å². The molecule has 0 fully saturated rings. The maximum absolute atomic E-state index is 12.6. The molecule has 0 radical (unpaired) electrons. The Morgan fingerprint density at radius 3 is 1.07 bits per heavy atom. The third-order valence-corrected chi connectivity index (χ3v) is 12.2. The maximum Gasteiger partial charge on any atom is 0.267 e. The topological polar surface area (TPSA) is 104 Å². The number of hydrogen-bond donors (Lipinski definition) is 3. The van der Waals surface area contributed by atoms with E-state index >= 15 is 0 Å². The van der Waals surface area contributed by atoms with Gasteiger partial charge in [0.2, 0.25) is 5.91 Å². The summed E-state index contributed by atoms with van der Waals surface area (Å²) in [6.45, 7) is 4.55. The molecule has 2 unspecified atom stereocenters. The molecule has 0 aliphatic carbocycles. The highest BCUT2D eigenvalue weighted by Crippen LogP contribution is 2.15. The van der Waals surface area contributed by atoms with Crippen LogP contribution >= 0.6 is 0 Å². The number of aliphatic hydroxyl groups excluding tert-OH is 1. The molecule has 0 bridgehead atoms. The Labute approximate surface area is 367 Å². The highest BCUT2D eigenvalue weighted by molar-refractivity contribution is 7.85. The first-order valence-corrected chi connectivity index (χ1v) is 26.9. The lowest BCUT2D eigenvalue weighted by Gasteiger charge is -2.21. The lowest BCUT2D eigenvalue weighted by Crippen LogP contribution is -2.46. The molecule has 0 aliphatic rings. The van der Waals surface area contributed by atoms with Gasteiger partial charge in [-0.05, 0) is 70.6 Å². The zero-order chi connectivity index (χ0) is 43.2. The molecule has 0 rings (SSSR count). The van der Waals surface area contributed by atoms with E-state index in [2.05, 4.69) is 55.6 Å². The van der Waals surface area contributed by atoms with Gasteiger partial charge in [-0.25, -0.2) is 0 Å². The number of unbranched alkanes of at least 4 members (excludes halogenated alkanes) is 32. The van der Waals surface area contributed by atoms with Gasteiger partial charge in [0, 0.05) is 6.42 Å². The van der Waals surface area contributed by atoms with E-state index < -0.39 is 28.0 Å². The molecule has 0 heterocycles. The lowest BCUT2D eigenvalue weighted by molar-refractivity contribution is -0.122. The van der Waals surface area contributed by atoms with E-state index in [1.54, 1.807) is 0 Å². The summed E-state index contributed by atoms with van der Waals surface area (Å²) in [5, 5.41) is 13.3. The van der Waals surface area contributed by atoms with Gasteiger partial charge in [0.25, 0.3) is 10.1 Å². The number of carbonyl (C=O) groups excluding carboxylic acids is 1. The molecule has 6 nitrogen and oxygen atoms in total. The molecule has 346 valence electrons. The van der Waals surface area contributed by atoms with Gasteiger partial charge in [0.05, 0.1) is 17.9 Å². The van der Waals surface area contributed by atoms with Gasteiger partial charge < -0.3 is 10.4 Å². The van der Waals surface area contributed by atoms with E-state index in [0.717, 1.165) is 38.5 Å². The van der Waals surface area contributed by atoms with Crippen LogP contribution in [0.5, 0.6) is 0 Å². The first-order valence-electron chi connectivity index (χ1n) is 25.3. The van der Waals surface area contributed by atoms with Crippen LogP contribution in [-0.2, 0) is 14.9 Å². The summed E-state index contributed by atoms with van der Waals surface area (Å²) in [6.07, 6.45) is 62.6. The van der Waals surface area contributed by atoms with Crippen LogP contribution in [0.4, 0.5) is 0 Å². The summed E-state index contributed by atoms with van der Waals surface area (Å²) in [5.41, 5.74) is 0. The highest BCUT2D eigenvalue weighted by Gasteiger charge is 2.24. The zero-order valence-corrected chi connectivity index (χ0v) is 39.7. The van der Waals surface area contributed by atoms with Crippen molar-refractivity contribution < 1.29 is 22.9 Å². The van der Waals surface area contributed by atoms with Crippen molar-refractivity contribution in [2.24, 2.45) is 0 Å². The Kier molecular flexibility index (Phi) is 44.5. The second-order valence-corrected chi connectivity index (χ2v) is 18.9. The molecule has 3 N–H and O–H groups in total. The van der Waals surface area contributed by atoms with E-state index in [9.17, 15) is 22.9 Å². The third kappa shape index (κ3) is 47.2. The van der Waals surface area contributed by atoms with Gasteiger partial charge in [0.1, 0.15) is 0 Å². The third-order valence-electron chi connectivity index (χ3n) is 11.5. The second kappa shape index (κ2) is 45.8. The van der Waals surface area contributed by atoms with E-state index in [1.807, 2.05) is 6.08 Å². The lowest BCUT2D eigenvalue weighted by atomic mass is 10.0. The fraction of sp³-hybridized carbons (Fsp3) is 0.827. The van der Waals surface area contributed by atoms with E-state index in [4.69, 9.17) is 0 Å². The van der Waals surface area contributed by atoms with Crippen LogP contribution in [0.15, 0.2) is 48.6 Å². The average Bonchev–Trinajstić information content (AvgIpc) is 3.20. The van der Waals surface area contributed by atoms with Gasteiger partial charge in [0.15, 0.2) is 0 Å². The average molecular weight is 848 g/mol. The van der Waals surface area contributed by atoms with E-state index in [1.165, 1.54) is 199 Å². The Morgan fingerprint density at radius 2 is 0.729 bits per heavy atom. The van der Waals surface area contributed by atoms with Crippen molar-refractivity contribution in [1.29, 1.82) is 0 Å². The van der Waals surface area contributed by atoms with Crippen LogP contribution in [0.2, 0.25) is 0 Å². The van der Waals surface area contributed by atoms with E-state index in [0.29, 0.717) is 6.42 Å². The SMILES string of the molecule is CCCCCCCCCC/C=C\CCCCCCCCCCCCCC(=O)NC(CS(=O)(=O)O)C(O)/C=C/CC/C=C/CC/C=C/CCCCCCCCCCCCC. The molecule has 0 aromatic carbocycles. The van der Waals surface area contributed by atoms with Crippen LogP contribution in [0.3, 0.4) is 0 Å². The molecule has 2 atom stereocenters. The number of nitrogens with one attached hydrogen (secondary N) is 1. The number of amides is 1. The summed E-state index contributed by atoms with van der Waals surface area (Å²) in [4.78, 5) is 12.6. The minimum atomic E-state index is -4.36. The van der Waals surface area contributed by atoms with Crippen molar-refractivity contribution in [3.05, 3.63) is 48.6 Å². The molecule has 1 amide bonds. The minimum Gasteiger partial charge on any atom is -0.387 e. The molecule has 59 heavy (non-hydrogen) atoms. The summed E-state index contributed by atoms with van der Waals surface area (Å²) in [7, 11) is -4.36. The summed E-state index contributed by atoms with van der Waals surface area (Å²) in [5.74, 6) is -1.01. The molecule has 0 aromatic rings. The number of rotatable bonds is 46. The Morgan fingerprint density at radius 1 is 0.441 bits per heavy atom. The molecule has 0 aliphatic heterocycles. The van der Waals surface area contributed by atoms with E-state index in [-0.39, 0.29) is 12.3 Å². The van der Waals surface area contributed by atoms with Crippen molar-refractivity contribution in [2.75, 3.05) is 5.75 Å². The van der Waals surface area contributed by atoms with Gasteiger partial charge in [-0.2, -0.15) is 8.42 Å². The van der Waals surface area contributed by atoms with Crippen LogP contribution in [0, 0.1) is 0 Å². The first-order chi connectivity index (χ1) is 28.8. The number of aliphatic hydroxyl groups is 1. The summed E-state index contributed by atoms with van der Waals surface area (Å²) >= 11 is 0. The summed E-state index contributed by atoms with van der Waals surface area (Å²) < 4.78 is 32.7. The second-order valence-electron chi connectivity index (χ2n) is 17.4. The Hall–Kier alpha value is -1.70. The number of allylic oxidation sites excluding steroid dienone is 7. The van der Waals surface area contributed by atoms with Crippen LogP contribution in [-0.4, -0.2) is 41.9 Å².